The van der Waals surface area contributed by atoms with Gasteiger partial charge in [-0.25, -0.2) is 4.98 Å². The van der Waals surface area contributed by atoms with Gasteiger partial charge in [0.25, 0.3) is 11.1 Å². The minimum atomic E-state index is -0.461. The first-order valence-electron chi connectivity index (χ1n) is 9.99. The number of hydrogen-bond acceptors (Lipinski definition) is 9. The van der Waals surface area contributed by atoms with Crippen molar-refractivity contribution in [1.29, 1.82) is 0 Å². The number of methoxy groups -OCH3 is 1. The zero-order chi connectivity index (χ0) is 22.7. The molecule has 168 valence electrons. The van der Waals surface area contributed by atoms with Crippen molar-refractivity contribution in [1.82, 2.24) is 20.2 Å². The lowest BCUT2D eigenvalue weighted by Gasteiger charge is -2.14. The van der Waals surface area contributed by atoms with Gasteiger partial charge in [-0.3, -0.25) is 15.1 Å². The maximum Gasteiger partial charge on any atom is 0.295 e. The number of ether oxygens (including phenoxy) is 3. The van der Waals surface area contributed by atoms with E-state index in [4.69, 9.17) is 25.8 Å². The second-order valence-corrected chi connectivity index (χ2v) is 8.73. The maximum absolute atomic E-state index is 13.1. The standard InChI is InChI=1S/C21H22ClN5O4S/c1-11-6-15(14-4-5-23-8-16(14)29-3)17(18(22)24-11)19(28)25-20-26-27-21(32-20)31-10-13-7-12(2)30-9-13/h4-6,8,12-13H,7,9-10H2,1-3H3,(H,25,26,28)/t12-,13+/m0/s1. The van der Waals surface area contributed by atoms with Crippen molar-refractivity contribution in [3.8, 4) is 22.1 Å². The average molecular weight is 476 g/mol. The Labute approximate surface area is 194 Å². The summed E-state index contributed by atoms with van der Waals surface area (Å²) in [6.45, 7) is 5.00. The molecule has 9 nitrogen and oxygen atoms in total. The van der Waals surface area contributed by atoms with Crippen LogP contribution in [0.25, 0.3) is 11.1 Å². The third kappa shape index (κ3) is 4.98. The number of aryl methyl sites for hydroxylation is 1. The Morgan fingerprint density at radius 3 is 2.97 bits per heavy atom. The van der Waals surface area contributed by atoms with E-state index in [0.717, 1.165) is 17.8 Å². The molecule has 1 aliphatic heterocycles. The Hall–Kier alpha value is -2.82. The van der Waals surface area contributed by atoms with Crippen LogP contribution < -0.4 is 14.8 Å². The molecule has 0 aromatic carbocycles. The van der Waals surface area contributed by atoms with Crippen LogP contribution in [0, 0.1) is 12.8 Å². The molecule has 0 saturated carbocycles. The summed E-state index contributed by atoms with van der Waals surface area (Å²) in [5.41, 5.74) is 2.12. The van der Waals surface area contributed by atoms with Crippen LogP contribution in [0.5, 0.6) is 10.9 Å². The van der Waals surface area contributed by atoms with Crippen molar-refractivity contribution in [2.45, 2.75) is 26.4 Å². The van der Waals surface area contributed by atoms with Gasteiger partial charge >= 0.3 is 0 Å². The lowest BCUT2D eigenvalue weighted by atomic mass is 10.0. The molecule has 4 rings (SSSR count). The molecule has 1 fully saturated rings. The Morgan fingerprint density at radius 1 is 1.38 bits per heavy atom. The Balaban J connectivity index is 1.53. The van der Waals surface area contributed by atoms with Gasteiger partial charge in [-0.1, -0.05) is 16.7 Å². The van der Waals surface area contributed by atoms with Crippen LogP contribution in [0.4, 0.5) is 5.13 Å². The molecule has 1 N–H and O–H groups in total. The molecule has 2 atom stereocenters. The molecular weight excluding hydrogens is 454 g/mol. The zero-order valence-electron chi connectivity index (χ0n) is 17.8. The summed E-state index contributed by atoms with van der Waals surface area (Å²) in [7, 11) is 1.54. The van der Waals surface area contributed by atoms with Crippen molar-refractivity contribution in [3.05, 3.63) is 40.9 Å². The molecule has 3 aromatic heterocycles. The predicted octanol–water partition coefficient (Wildman–Crippen LogP) is 4.02. The number of nitrogens with zero attached hydrogens (tertiary/aromatic N) is 4. The zero-order valence-corrected chi connectivity index (χ0v) is 19.4. The number of amides is 1. The monoisotopic (exact) mass is 475 g/mol. The second kappa shape index (κ2) is 9.76. The first-order chi connectivity index (χ1) is 15.4. The van der Waals surface area contributed by atoms with Crippen molar-refractivity contribution in [2.75, 3.05) is 25.6 Å². The number of anilines is 1. The fourth-order valence-corrected chi connectivity index (χ4v) is 4.44. The SMILES string of the molecule is COc1cnccc1-c1cc(C)nc(Cl)c1C(=O)Nc1nnc(OC[C@H]2CO[C@@H](C)C2)s1. The van der Waals surface area contributed by atoms with Gasteiger partial charge in [0.1, 0.15) is 10.9 Å². The molecule has 1 aliphatic rings. The molecule has 1 amide bonds. The summed E-state index contributed by atoms with van der Waals surface area (Å²) < 4.78 is 16.7. The molecule has 0 spiro atoms. The van der Waals surface area contributed by atoms with Gasteiger partial charge in [0, 0.05) is 28.9 Å². The highest BCUT2D eigenvalue weighted by Gasteiger charge is 2.24. The van der Waals surface area contributed by atoms with Gasteiger partial charge in [-0.15, -0.1) is 5.10 Å². The van der Waals surface area contributed by atoms with E-state index >= 15 is 0 Å². The second-order valence-electron chi connectivity index (χ2n) is 7.44. The topological polar surface area (TPSA) is 108 Å². The van der Waals surface area contributed by atoms with E-state index in [9.17, 15) is 4.79 Å². The first-order valence-corrected chi connectivity index (χ1v) is 11.2. The minimum Gasteiger partial charge on any atom is -0.494 e. The van der Waals surface area contributed by atoms with Crippen LogP contribution in [0.3, 0.4) is 0 Å². The van der Waals surface area contributed by atoms with Gasteiger partial charge in [-0.05, 0) is 43.7 Å². The summed E-state index contributed by atoms with van der Waals surface area (Å²) in [6, 6.07) is 3.53. The smallest absolute Gasteiger partial charge is 0.295 e. The van der Waals surface area contributed by atoms with E-state index in [1.807, 2.05) is 6.92 Å². The molecule has 3 aromatic rings. The van der Waals surface area contributed by atoms with E-state index in [1.54, 1.807) is 31.5 Å². The highest BCUT2D eigenvalue weighted by molar-refractivity contribution is 7.17. The Morgan fingerprint density at radius 2 is 2.22 bits per heavy atom. The van der Waals surface area contributed by atoms with E-state index in [2.05, 4.69) is 25.5 Å². The third-order valence-electron chi connectivity index (χ3n) is 4.98. The summed E-state index contributed by atoms with van der Waals surface area (Å²) in [5, 5.41) is 11.5. The Kier molecular flexibility index (Phi) is 6.83. The van der Waals surface area contributed by atoms with Gasteiger partial charge < -0.3 is 14.2 Å². The normalized spacial score (nSPS) is 17.9. The van der Waals surface area contributed by atoms with Gasteiger partial charge in [0.15, 0.2) is 0 Å². The van der Waals surface area contributed by atoms with E-state index in [-0.39, 0.29) is 16.8 Å². The van der Waals surface area contributed by atoms with Crippen LogP contribution in [0.15, 0.2) is 24.5 Å². The number of aromatic nitrogens is 4. The summed E-state index contributed by atoms with van der Waals surface area (Å²) >= 11 is 7.53. The fourth-order valence-electron chi connectivity index (χ4n) is 3.52. The fraction of sp³-hybridized carbons (Fsp3) is 0.381. The minimum absolute atomic E-state index is 0.0766. The number of carbonyl (C=O) groups is 1. The molecule has 32 heavy (non-hydrogen) atoms. The van der Waals surface area contributed by atoms with Crippen LogP contribution in [-0.4, -0.2) is 52.5 Å². The average Bonchev–Trinajstić information content (AvgIpc) is 3.39. The van der Waals surface area contributed by atoms with Gasteiger partial charge in [0.2, 0.25) is 5.13 Å². The van der Waals surface area contributed by atoms with Gasteiger partial charge in [-0.2, -0.15) is 0 Å². The van der Waals surface area contributed by atoms with Crippen molar-refractivity contribution in [3.63, 3.8) is 0 Å². The number of halogens is 1. The van der Waals surface area contributed by atoms with E-state index in [0.29, 0.717) is 52.0 Å². The molecule has 0 unspecified atom stereocenters. The number of carbonyl (C=O) groups excluding carboxylic acids is 1. The number of nitrogens with one attached hydrogen (secondary N) is 1. The summed E-state index contributed by atoms with van der Waals surface area (Å²) in [4.78, 5) is 21.5. The lowest BCUT2D eigenvalue weighted by Crippen LogP contribution is -2.15. The largest absolute Gasteiger partial charge is 0.494 e. The quantitative estimate of drug-likeness (QED) is 0.510. The summed E-state index contributed by atoms with van der Waals surface area (Å²) in [5.74, 6) is 0.374. The van der Waals surface area contributed by atoms with Crippen molar-refractivity contribution >= 4 is 34.0 Å². The molecular formula is C21H22ClN5O4S. The molecule has 11 heteroatoms. The number of hydrogen-bond donors (Lipinski definition) is 1. The number of rotatable bonds is 7. The van der Waals surface area contributed by atoms with Crippen LogP contribution in [0.2, 0.25) is 5.15 Å². The number of pyridine rings is 2. The highest BCUT2D eigenvalue weighted by Crippen LogP contribution is 2.35. The van der Waals surface area contributed by atoms with E-state index in [1.165, 1.54) is 7.11 Å². The molecule has 0 aliphatic carbocycles. The van der Waals surface area contributed by atoms with Crippen molar-refractivity contribution < 1.29 is 19.0 Å². The lowest BCUT2D eigenvalue weighted by molar-refractivity contribution is 0.102. The third-order valence-corrected chi connectivity index (χ3v) is 6.00. The molecule has 1 saturated heterocycles. The molecule has 0 radical (unpaired) electrons. The van der Waals surface area contributed by atoms with E-state index < -0.39 is 5.91 Å². The van der Waals surface area contributed by atoms with Gasteiger partial charge in [0.05, 0.1) is 38.2 Å². The highest BCUT2D eigenvalue weighted by atomic mass is 35.5. The van der Waals surface area contributed by atoms with Crippen molar-refractivity contribution in [2.24, 2.45) is 5.92 Å². The molecule has 4 heterocycles. The summed E-state index contributed by atoms with van der Waals surface area (Å²) in [6.07, 6.45) is 4.38. The van der Waals surface area contributed by atoms with Crippen LogP contribution in [-0.2, 0) is 4.74 Å². The predicted molar refractivity (Wildman–Crippen MR) is 121 cm³/mol. The maximum atomic E-state index is 13.1. The van der Waals surface area contributed by atoms with Crippen LogP contribution >= 0.6 is 22.9 Å². The first kappa shape index (κ1) is 22.4. The Bertz CT molecular complexity index is 1130. The molecule has 0 bridgehead atoms. The van der Waals surface area contributed by atoms with Crippen LogP contribution in [0.1, 0.15) is 29.4 Å².